The summed E-state index contributed by atoms with van der Waals surface area (Å²) in [5.41, 5.74) is 2.00. The van der Waals surface area contributed by atoms with E-state index in [1.165, 1.54) is 7.11 Å². The maximum Gasteiger partial charge on any atom is 0.314 e. The minimum absolute atomic E-state index is 0.106. The van der Waals surface area contributed by atoms with Gasteiger partial charge in [-0.3, -0.25) is 4.79 Å². The van der Waals surface area contributed by atoms with Gasteiger partial charge in [-0.05, 0) is 11.1 Å². The van der Waals surface area contributed by atoms with Crippen LogP contribution in [-0.2, 0) is 9.53 Å². The lowest BCUT2D eigenvalue weighted by Crippen LogP contribution is -2.20. The first-order valence-corrected chi connectivity index (χ1v) is 6.58. The molecule has 2 nitrogen and oxygen atoms in total. The highest BCUT2D eigenvalue weighted by molar-refractivity contribution is 5.80. The van der Waals surface area contributed by atoms with E-state index in [2.05, 4.69) is 6.58 Å². The fraction of sp³-hybridized carbons (Fsp3) is 0.167. The summed E-state index contributed by atoms with van der Waals surface area (Å²) in [7, 11) is 1.42. The summed E-state index contributed by atoms with van der Waals surface area (Å²) in [6.45, 7) is 3.89. The third kappa shape index (κ3) is 2.97. The lowest BCUT2D eigenvalue weighted by Gasteiger charge is -2.23. The van der Waals surface area contributed by atoms with Crippen molar-refractivity contribution in [2.45, 2.75) is 11.8 Å². The van der Waals surface area contributed by atoms with Crippen LogP contribution in [0.4, 0.5) is 0 Å². The van der Waals surface area contributed by atoms with E-state index in [1.807, 2.05) is 66.7 Å². The first-order valence-electron chi connectivity index (χ1n) is 6.58. The lowest BCUT2D eigenvalue weighted by atomic mass is 9.81. The number of allylic oxidation sites excluding steroid dienone is 1. The second-order valence-electron chi connectivity index (χ2n) is 4.58. The van der Waals surface area contributed by atoms with Crippen LogP contribution < -0.4 is 0 Å². The zero-order chi connectivity index (χ0) is 14.4. The van der Waals surface area contributed by atoms with E-state index in [-0.39, 0.29) is 17.8 Å². The third-order valence-corrected chi connectivity index (χ3v) is 3.41. The van der Waals surface area contributed by atoms with E-state index in [4.69, 9.17) is 4.74 Å². The predicted molar refractivity (Wildman–Crippen MR) is 80.6 cm³/mol. The van der Waals surface area contributed by atoms with Gasteiger partial charge in [0.15, 0.2) is 0 Å². The lowest BCUT2D eigenvalue weighted by molar-refractivity contribution is -0.142. The van der Waals surface area contributed by atoms with Crippen LogP contribution in [0.2, 0.25) is 0 Å². The van der Waals surface area contributed by atoms with Gasteiger partial charge in [0.25, 0.3) is 0 Å². The molecule has 2 unspecified atom stereocenters. The van der Waals surface area contributed by atoms with E-state index >= 15 is 0 Å². The second-order valence-corrected chi connectivity index (χ2v) is 4.58. The molecule has 2 aromatic carbocycles. The fourth-order valence-electron chi connectivity index (χ4n) is 2.42. The molecule has 0 aliphatic heterocycles. The molecule has 0 radical (unpaired) electrons. The van der Waals surface area contributed by atoms with Gasteiger partial charge in [0.05, 0.1) is 13.0 Å². The number of benzene rings is 2. The molecule has 0 aromatic heterocycles. The molecule has 0 fully saturated rings. The molecule has 20 heavy (non-hydrogen) atoms. The molecule has 2 aromatic rings. The average molecular weight is 266 g/mol. The van der Waals surface area contributed by atoms with Crippen LogP contribution in [0.5, 0.6) is 0 Å². The summed E-state index contributed by atoms with van der Waals surface area (Å²) in [4.78, 5) is 12.2. The van der Waals surface area contributed by atoms with E-state index in [9.17, 15) is 4.79 Å². The molecule has 0 saturated carbocycles. The molecule has 0 bridgehead atoms. The molecule has 0 aliphatic rings. The molecule has 0 saturated heterocycles. The van der Waals surface area contributed by atoms with Gasteiger partial charge in [-0.15, -0.1) is 6.58 Å². The molecule has 0 spiro atoms. The number of rotatable bonds is 5. The first-order chi connectivity index (χ1) is 9.77. The highest BCUT2D eigenvalue weighted by atomic mass is 16.5. The first kappa shape index (κ1) is 14.1. The van der Waals surface area contributed by atoms with Gasteiger partial charge < -0.3 is 4.74 Å². The molecule has 0 N–H and O–H groups in total. The maximum absolute atomic E-state index is 12.2. The normalized spacial score (nSPS) is 13.2. The van der Waals surface area contributed by atoms with Crippen molar-refractivity contribution in [2.24, 2.45) is 0 Å². The van der Waals surface area contributed by atoms with Crippen LogP contribution in [0.15, 0.2) is 73.3 Å². The van der Waals surface area contributed by atoms with Gasteiger partial charge in [0.1, 0.15) is 0 Å². The number of hydrogen-bond acceptors (Lipinski definition) is 2. The standard InChI is InChI=1S/C18H18O2/c1-3-16(14-10-6-4-7-11-14)17(18(19)20-2)15-12-8-5-9-13-15/h3-13,16-17H,1H2,2H3. The number of hydrogen-bond donors (Lipinski definition) is 0. The van der Waals surface area contributed by atoms with Gasteiger partial charge in [0, 0.05) is 5.92 Å². The van der Waals surface area contributed by atoms with Crippen molar-refractivity contribution in [1.82, 2.24) is 0 Å². The Morgan fingerprint density at radius 3 is 1.95 bits per heavy atom. The SMILES string of the molecule is C=CC(c1ccccc1)C(C(=O)OC)c1ccccc1. The van der Waals surface area contributed by atoms with Crippen LogP contribution in [0.25, 0.3) is 0 Å². The summed E-state index contributed by atoms with van der Waals surface area (Å²) < 4.78 is 4.98. The molecule has 0 aliphatic carbocycles. The van der Waals surface area contributed by atoms with E-state index in [0.717, 1.165) is 11.1 Å². The summed E-state index contributed by atoms with van der Waals surface area (Å²) in [6.07, 6.45) is 1.81. The highest BCUT2D eigenvalue weighted by Crippen LogP contribution is 2.34. The van der Waals surface area contributed by atoms with Crippen molar-refractivity contribution < 1.29 is 9.53 Å². The number of carbonyl (C=O) groups excluding carboxylic acids is 1. The number of ether oxygens (including phenoxy) is 1. The van der Waals surface area contributed by atoms with Crippen molar-refractivity contribution in [3.63, 3.8) is 0 Å². The predicted octanol–water partition coefficient (Wildman–Crippen LogP) is 3.91. The Bertz CT molecular complexity index is 560. The average Bonchev–Trinajstić information content (AvgIpc) is 2.53. The molecular weight excluding hydrogens is 248 g/mol. The highest BCUT2D eigenvalue weighted by Gasteiger charge is 2.29. The largest absolute Gasteiger partial charge is 0.469 e. The van der Waals surface area contributed by atoms with Gasteiger partial charge in [-0.2, -0.15) is 0 Å². The van der Waals surface area contributed by atoms with Crippen molar-refractivity contribution in [1.29, 1.82) is 0 Å². The Kier molecular flexibility index (Phi) is 4.72. The molecule has 2 rings (SSSR count). The van der Waals surface area contributed by atoms with Crippen LogP contribution in [-0.4, -0.2) is 13.1 Å². The van der Waals surface area contributed by atoms with Crippen molar-refractivity contribution in [3.8, 4) is 0 Å². The smallest absolute Gasteiger partial charge is 0.314 e. The Morgan fingerprint density at radius 1 is 1.00 bits per heavy atom. The quantitative estimate of drug-likeness (QED) is 0.606. The van der Waals surface area contributed by atoms with Crippen molar-refractivity contribution >= 4 is 5.97 Å². The monoisotopic (exact) mass is 266 g/mol. The topological polar surface area (TPSA) is 26.3 Å². The minimum Gasteiger partial charge on any atom is -0.469 e. The zero-order valence-corrected chi connectivity index (χ0v) is 11.5. The molecule has 102 valence electrons. The van der Waals surface area contributed by atoms with Crippen molar-refractivity contribution in [2.75, 3.05) is 7.11 Å². The maximum atomic E-state index is 12.2. The Balaban J connectivity index is 2.45. The van der Waals surface area contributed by atoms with Crippen LogP contribution in [0.3, 0.4) is 0 Å². The third-order valence-electron chi connectivity index (χ3n) is 3.41. The zero-order valence-electron chi connectivity index (χ0n) is 11.5. The Hall–Kier alpha value is -2.35. The van der Waals surface area contributed by atoms with E-state index in [1.54, 1.807) is 0 Å². The van der Waals surface area contributed by atoms with Crippen molar-refractivity contribution in [3.05, 3.63) is 84.4 Å². The molecular formula is C18H18O2. The number of carbonyl (C=O) groups is 1. The molecule has 2 atom stereocenters. The number of methoxy groups -OCH3 is 1. The summed E-state index contributed by atoms with van der Waals surface area (Å²) in [5, 5.41) is 0. The van der Waals surface area contributed by atoms with Gasteiger partial charge >= 0.3 is 5.97 Å². The second kappa shape index (κ2) is 6.71. The van der Waals surface area contributed by atoms with Gasteiger partial charge in [-0.1, -0.05) is 66.7 Å². The fourth-order valence-corrected chi connectivity index (χ4v) is 2.42. The van der Waals surface area contributed by atoms with Gasteiger partial charge in [-0.25, -0.2) is 0 Å². The number of esters is 1. The van der Waals surface area contributed by atoms with Crippen LogP contribution in [0.1, 0.15) is 23.0 Å². The molecule has 0 amide bonds. The summed E-state index contributed by atoms with van der Waals surface area (Å²) >= 11 is 0. The van der Waals surface area contributed by atoms with Crippen LogP contribution in [0, 0.1) is 0 Å². The van der Waals surface area contributed by atoms with Gasteiger partial charge in [0.2, 0.25) is 0 Å². The Labute approximate surface area is 119 Å². The molecule has 0 heterocycles. The molecule has 2 heteroatoms. The summed E-state index contributed by atoms with van der Waals surface area (Å²) in [5.74, 6) is -0.725. The van der Waals surface area contributed by atoms with Crippen LogP contribution >= 0.6 is 0 Å². The summed E-state index contributed by atoms with van der Waals surface area (Å²) in [6, 6.07) is 19.6. The minimum atomic E-state index is -0.374. The Morgan fingerprint density at radius 2 is 1.50 bits per heavy atom. The van der Waals surface area contributed by atoms with E-state index < -0.39 is 0 Å². The van der Waals surface area contributed by atoms with E-state index in [0.29, 0.717) is 0 Å².